The van der Waals surface area contributed by atoms with Gasteiger partial charge in [0.2, 0.25) is 15.9 Å². The average molecular weight is 301 g/mol. The summed E-state index contributed by atoms with van der Waals surface area (Å²) in [5.74, 6) is -2.05. The first-order valence-electron chi connectivity index (χ1n) is 5.43. The molecule has 0 atom stereocenters. The number of rotatable bonds is 5. The van der Waals surface area contributed by atoms with Crippen molar-refractivity contribution in [2.45, 2.75) is 24.3 Å². The summed E-state index contributed by atoms with van der Waals surface area (Å²) in [5.41, 5.74) is 3.71. The molecule has 0 bridgehead atoms. The molecule has 8 nitrogen and oxygen atoms in total. The summed E-state index contributed by atoms with van der Waals surface area (Å²) in [5, 5.41) is 16.7. The highest BCUT2D eigenvalue weighted by atomic mass is 32.2. The molecule has 0 saturated heterocycles. The molecule has 110 valence electrons. The summed E-state index contributed by atoms with van der Waals surface area (Å²) in [7, 11) is -4.02. The smallest absolute Gasteiger partial charge is 0.337 e. The Kier molecular flexibility index (Phi) is 4.06. The number of primary amides is 1. The number of aromatic carboxylic acids is 1. The molecular formula is C11H15N3O5S. The highest BCUT2D eigenvalue weighted by Crippen LogP contribution is 2.23. The lowest BCUT2D eigenvalue weighted by molar-refractivity contribution is -0.121. The number of nitrogens with one attached hydrogen (secondary N) is 1. The zero-order valence-electron chi connectivity index (χ0n) is 10.9. The van der Waals surface area contributed by atoms with Gasteiger partial charge in [-0.2, -0.15) is 0 Å². The Labute approximate surface area is 115 Å². The summed E-state index contributed by atoms with van der Waals surface area (Å²) < 4.78 is 22.4. The van der Waals surface area contributed by atoms with Gasteiger partial charge in [0.25, 0.3) is 0 Å². The fraction of sp³-hybridized carbons (Fsp3) is 0.273. The molecule has 0 radical (unpaired) electrons. The molecular weight excluding hydrogens is 286 g/mol. The highest BCUT2D eigenvalue weighted by Gasteiger charge is 2.27. The average Bonchev–Trinajstić information content (AvgIpc) is 2.26. The van der Waals surface area contributed by atoms with E-state index in [-0.39, 0.29) is 16.1 Å². The molecule has 1 rings (SSSR count). The first-order chi connectivity index (χ1) is 8.95. The van der Waals surface area contributed by atoms with Crippen LogP contribution in [-0.4, -0.2) is 30.9 Å². The molecule has 0 unspecified atom stereocenters. The fourth-order valence-corrected chi connectivity index (χ4v) is 1.92. The van der Waals surface area contributed by atoms with Gasteiger partial charge in [-0.15, -0.1) is 0 Å². The molecule has 20 heavy (non-hydrogen) atoms. The number of carboxylic acid groups (broad SMARTS) is 1. The van der Waals surface area contributed by atoms with Crippen molar-refractivity contribution in [1.29, 1.82) is 0 Å². The fourth-order valence-electron chi connectivity index (χ4n) is 1.38. The summed E-state index contributed by atoms with van der Waals surface area (Å²) in [6, 6.07) is 3.27. The molecule has 0 aromatic heterocycles. The van der Waals surface area contributed by atoms with Crippen molar-refractivity contribution in [3.63, 3.8) is 0 Å². The zero-order valence-corrected chi connectivity index (χ0v) is 11.7. The minimum Gasteiger partial charge on any atom is -0.478 e. The largest absolute Gasteiger partial charge is 0.478 e. The van der Waals surface area contributed by atoms with Crippen molar-refractivity contribution >= 4 is 27.6 Å². The van der Waals surface area contributed by atoms with Gasteiger partial charge >= 0.3 is 5.97 Å². The van der Waals surface area contributed by atoms with E-state index in [0.717, 1.165) is 12.1 Å². The molecule has 0 aliphatic rings. The maximum atomic E-state index is 11.2. The van der Waals surface area contributed by atoms with Crippen molar-refractivity contribution in [3.05, 3.63) is 23.8 Å². The van der Waals surface area contributed by atoms with Crippen LogP contribution in [0.3, 0.4) is 0 Å². The van der Waals surface area contributed by atoms with E-state index in [0.29, 0.717) is 0 Å². The van der Waals surface area contributed by atoms with Crippen LogP contribution < -0.4 is 16.2 Å². The number of primary sulfonamides is 1. The van der Waals surface area contributed by atoms with Crippen molar-refractivity contribution < 1.29 is 23.1 Å². The maximum absolute atomic E-state index is 11.2. The van der Waals surface area contributed by atoms with E-state index in [1.54, 1.807) is 0 Å². The van der Waals surface area contributed by atoms with Gasteiger partial charge in [-0.1, -0.05) is 0 Å². The Hall–Kier alpha value is -2.13. The van der Waals surface area contributed by atoms with Gasteiger partial charge in [0.15, 0.2) is 0 Å². The standard InChI is InChI=1S/C11H15N3O5S/c1-11(2,10(12)17)14-8-4-3-6(20(13,18)19)5-7(8)9(15)16/h3-5,14H,1-2H3,(H2,12,17)(H,15,16)(H2,13,18,19). The Morgan fingerprint density at radius 1 is 1.30 bits per heavy atom. The van der Waals surface area contributed by atoms with Gasteiger partial charge in [-0.05, 0) is 32.0 Å². The van der Waals surface area contributed by atoms with Crippen molar-refractivity contribution in [2.75, 3.05) is 5.32 Å². The number of nitrogens with two attached hydrogens (primary N) is 2. The topological polar surface area (TPSA) is 153 Å². The van der Waals surface area contributed by atoms with Gasteiger partial charge in [0.1, 0.15) is 5.54 Å². The molecule has 0 aliphatic carbocycles. The lowest BCUT2D eigenvalue weighted by atomic mass is 10.0. The van der Waals surface area contributed by atoms with Crippen LogP contribution in [0.5, 0.6) is 0 Å². The molecule has 0 heterocycles. The first kappa shape index (κ1) is 15.9. The van der Waals surface area contributed by atoms with E-state index in [2.05, 4.69) is 5.32 Å². The molecule has 0 saturated carbocycles. The van der Waals surface area contributed by atoms with E-state index in [9.17, 15) is 18.0 Å². The van der Waals surface area contributed by atoms with Crippen LogP contribution in [0, 0.1) is 0 Å². The number of carboxylic acids is 1. The highest BCUT2D eigenvalue weighted by molar-refractivity contribution is 7.89. The van der Waals surface area contributed by atoms with E-state index in [1.807, 2.05) is 0 Å². The molecule has 1 aromatic rings. The van der Waals surface area contributed by atoms with Crippen LogP contribution in [0.4, 0.5) is 5.69 Å². The molecule has 1 amide bonds. The predicted octanol–water partition coefficient (Wildman–Crippen LogP) is -0.292. The van der Waals surface area contributed by atoms with Gasteiger partial charge in [-0.25, -0.2) is 18.4 Å². The lowest BCUT2D eigenvalue weighted by Gasteiger charge is -2.24. The second-order valence-corrected chi connectivity index (χ2v) is 6.23. The Morgan fingerprint density at radius 2 is 1.85 bits per heavy atom. The Bertz CT molecular complexity index is 667. The summed E-state index contributed by atoms with van der Waals surface area (Å²) in [6.45, 7) is 2.93. The summed E-state index contributed by atoms with van der Waals surface area (Å²) >= 11 is 0. The number of sulfonamides is 1. The van der Waals surface area contributed by atoms with E-state index >= 15 is 0 Å². The summed E-state index contributed by atoms with van der Waals surface area (Å²) in [6.07, 6.45) is 0. The monoisotopic (exact) mass is 301 g/mol. The second kappa shape index (κ2) is 5.10. The van der Waals surface area contributed by atoms with Gasteiger partial charge in [0.05, 0.1) is 10.5 Å². The summed E-state index contributed by atoms with van der Waals surface area (Å²) in [4.78, 5) is 22.1. The number of anilines is 1. The van der Waals surface area contributed by atoms with E-state index < -0.39 is 27.4 Å². The predicted molar refractivity (Wildman–Crippen MR) is 71.7 cm³/mol. The molecule has 9 heteroatoms. The molecule has 0 spiro atoms. The number of hydrogen-bond donors (Lipinski definition) is 4. The molecule has 1 aromatic carbocycles. The Morgan fingerprint density at radius 3 is 2.25 bits per heavy atom. The van der Waals surface area contributed by atoms with Crippen LogP contribution in [0.15, 0.2) is 23.1 Å². The third kappa shape index (κ3) is 3.45. The van der Waals surface area contributed by atoms with Crippen LogP contribution in [0.25, 0.3) is 0 Å². The van der Waals surface area contributed by atoms with E-state index in [4.69, 9.17) is 16.0 Å². The number of hydrogen-bond acceptors (Lipinski definition) is 5. The van der Waals surface area contributed by atoms with Crippen LogP contribution in [0.1, 0.15) is 24.2 Å². The van der Waals surface area contributed by atoms with Crippen molar-refractivity contribution in [3.8, 4) is 0 Å². The molecule has 6 N–H and O–H groups in total. The van der Waals surface area contributed by atoms with Crippen molar-refractivity contribution in [1.82, 2.24) is 0 Å². The van der Waals surface area contributed by atoms with Gasteiger partial charge in [0, 0.05) is 5.69 Å². The number of amides is 1. The van der Waals surface area contributed by atoms with Crippen molar-refractivity contribution in [2.24, 2.45) is 10.9 Å². The normalized spacial score (nSPS) is 11.9. The number of benzene rings is 1. The lowest BCUT2D eigenvalue weighted by Crippen LogP contribution is -2.45. The van der Waals surface area contributed by atoms with Crippen LogP contribution in [-0.2, 0) is 14.8 Å². The SMILES string of the molecule is CC(C)(Nc1ccc(S(N)(=O)=O)cc1C(=O)O)C(N)=O. The molecule has 0 aliphatic heterocycles. The second-order valence-electron chi connectivity index (χ2n) is 4.67. The zero-order chi connectivity index (χ0) is 15.7. The quantitative estimate of drug-likeness (QED) is 0.586. The first-order valence-corrected chi connectivity index (χ1v) is 6.98. The Balaban J connectivity index is 3.36. The third-order valence-corrected chi connectivity index (χ3v) is 3.52. The number of carbonyl (C=O) groups excluding carboxylic acids is 1. The minimum absolute atomic E-state index is 0.0636. The van der Waals surface area contributed by atoms with Crippen LogP contribution >= 0.6 is 0 Å². The number of carbonyl (C=O) groups is 2. The van der Waals surface area contributed by atoms with E-state index in [1.165, 1.54) is 19.9 Å². The van der Waals surface area contributed by atoms with Gasteiger partial charge in [-0.3, -0.25) is 4.79 Å². The van der Waals surface area contributed by atoms with Gasteiger partial charge < -0.3 is 16.2 Å². The third-order valence-electron chi connectivity index (χ3n) is 2.61. The minimum atomic E-state index is -4.02. The van der Waals surface area contributed by atoms with Crippen LogP contribution in [0.2, 0.25) is 0 Å². The maximum Gasteiger partial charge on any atom is 0.337 e. The molecule has 0 fully saturated rings.